The van der Waals surface area contributed by atoms with Gasteiger partial charge in [0, 0.05) is 40.1 Å². The quantitative estimate of drug-likeness (QED) is 0.0306. The first-order valence-electron chi connectivity index (χ1n) is 17.9. The van der Waals surface area contributed by atoms with Crippen LogP contribution in [-0.4, -0.2) is 35.0 Å². The maximum absolute atomic E-state index is 11.9. The number of unbranched alkanes of at least 4 members (excludes halogenated alkanes) is 28. The molecule has 0 atom stereocenters. The third-order valence-corrected chi connectivity index (χ3v) is 8.20. The smallest absolute Gasteiger partial charge is 1.00 e. The molecule has 0 heterocycles. The molecule has 238 valence electrons. The van der Waals surface area contributed by atoms with E-state index < -0.39 is 0 Å². The summed E-state index contributed by atoms with van der Waals surface area (Å²) in [5.74, 6) is -0.647. The first-order valence-corrected chi connectivity index (χ1v) is 17.9. The normalized spacial score (nSPS) is 10.7. The fraction of sp³-hybridized carbons (Fsp3) is 0.944. The Morgan fingerprint density at radius 3 is 0.732 bits per heavy atom. The van der Waals surface area contributed by atoms with E-state index >= 15 is 0 Å². The molecule has 0 radical (unpaired) electrons. The minimum Gasteiger partial charge on any atom is -1.00 e. The maximum atomic E-state index is 11.9. The zero-order chi connectivity index (χ0) is 28.5. The van der Waals surface area contributed by atoms with Crippen LogP contribution < -0.4 is 0 Å². The number of carbonyl (C=O) groups is 2. The molecule has 0 aliphatic carbocycles. The molecular weight excluding hydrogens is 617 g/mol. The largest absolute Gasteiger partial charge is 2.00 e. The van der Waals surface area contributed by atoms with E-state index in [9.17, 15) is 9.59 Å². The topological polar surface area (TPSA) is 43.4 Å². The first kappa shape index (κ1) is 46.2. The molecule has 0 aromatic carbocycles. The molecule has 0 aliphatic rings. The minimum absolute atomic E-state index is 0. The van der Waals surface area contributed by atoms with Gasteiger partial charge in [-0.15, -0.1) is 0 Å². The Morgan fingerprint density at radius 2 is 0.537 bits per heavy atom. The molecule has 0 amide bonds. The van der Waals surface area contributed by atoms with Crippen molar-refractivity contribution in [2.24, 2.45) is 0 Å². The molecule has 0 saturated heterocycles. The van der Waals surface area contributed by atoms with Gasteiger partial charge < -0.3 is 7.59 Å². The summed E-state index contributed by atoms with van der Waals surface area (Å²) < 4.78 is 5.01. The number of carbonyl (C=O) groups excluding carboxylic acids is 2. The van der Waals surface area contributed by atoms with Crippen molar-refractivity contribution in [1.29, 1.82) is 0 Å². The van der Waals surface area contributed by atoms with Crippen molar-refractivity contribution < 1.29 is 44.5 Å². The predicted molar refractivity (Wildman–Crippen MR) is 178 cm³/mol. The molecular formula is C36H72CdMgO3. The van der Waals surface area contributed by atoms with Gasteiger partial charge in [0.05, 0.1) is 0 Å². The molecule has 0 spiro atoms. The Hall–Kier alpha value is 0.828. The van der Waals surface area contributed by atoms with Gasteiger partial charge in [0.2, 0.25) is 0 Å². The van der Waals surface area contributed by atoms with Gasteiger partial charge in [-0.25, -0.2) is 0 Å². The molecule has 3 nitrogen and oxygen atoms in total. The number of ether oxygens (including phenoxy) is 1. The zero-order valence-corrected chi connectivity index (χ0v) is 33.7. The van der Waals surface area contributed by atoms with Crippen molar-refractivity contribution in [3.8, 4) is 0 Å². The fourth-order valence-electron chi connectivity index (χ4n) is 5.51. The molecule has 0 bridgehead atoms. The van der Waals surface area contributed by atoms with Crippen molar-refractivity contribution in [1.82, 2.24) is 0 Å². The minimum atomic E-state index is -0.323. The Balaban J connectivity index is -0.00000120. The van der Waals surface area contributed by atoms with Crippen LogP contribution in [0.1, 0.15) is 222 Å². The van der Waals surface area contributed by atoms with Crippen LogP contribution in [0.5, 0.6) is 0 Å². The molecule has 0 fully saturated rings. The first-order chi connectivity index (χ1) is 19.2. The Bertz CT molecular complexity index is 483. The van der Waals surface area contributed by atoms with Crippen molar-refractivity contribution in [2.45, 2.75) is 219 Å². The Labute approximate surface area is 296 Å². The number of hydrogen-bond acceptors (Lipinski definition) is 3. The summed E-state index contributed by atoms with van der Waals surface area (Å²) >= 11 is 0. The van der Waals surface area contributed by atoms with E-state index in [-0.39, 0.29) is 65.1 Å². The van der Waals surface area contributed by atoms with Gasteiger partial charge in [0.1, 0.15) is 0 Å². The number of rotatable bonds is 32. The zero-order valence-electron chi connectivity index (χ0n) is 30.3. The second-order valence-corrected chi connectivity index (χ2v) is 12.2. The van der Waals surface area contributed by atoms with Gasteiger partial charge in [-0.1, -0.05) is 194 Å². The Morgan fingerprint density at radius 1 is 0.366 bits per heavy atom. The van der Waals surface area contributed by atoms with E-state index in [0.29, 0.717) is 12.8 Å². The molecule has 0 aliphatic heterocycles. The summed E-state index contributed by atoms with van der Waals surface area (Å²) in [6, 6.07) is 0. The third-order valence-electron chi connectivity index (χ3n) is 8.20. The van der Waals surface area contributed by atoms with E-state index in [0.717, 1.165) is 25.7 Å². The number of esters is 2. The standard InChI is InChI=1S/C36H70O3.Cd.Mg.2H/c1-3-5-7-9-11-13-15-17-19-21-23-25-27-29-31-33-35(37)39-36(38)34-32-30-28-26-24-22-20-18-16-14-12-10-8-6-4-2;;;;/h3-34H2,1-2H3;;;;/q;;+2;2*-1. The van der Waals surface area contributed by atoms with Gasteiger partial charge >= 0.3 is 35.0 Å². The van der Waals surface area contributed by atoms with Gasteiger partial charge in [0.15, 0.2) is 0 Å². The van der Waals surface area contributed by atoms with Gasteiger partial charge in [-0.05, 0) is 12.8 Å². The second kappa shape index (κ2) is 40.8. The molecule has 41 heavy (non-hydrogen) atoms. The van der Waals surface area contributed by atoms with Crippen molar-refractivity contribution in [3.05, 3.63) is 0 Å². The summed E-state index contributed by atoms with van der Waals surface area (Å²) in [7, 11) is 0. The average molecular weight is 690 g/mol. The molecule has 0 aromatic rings. The maximum Gasteiger partial charge on any atom is 2.00 e. The summed E-state index contributed by atoms with van der Waals surface area (Å²) in [4.78, 5) is 23.8. The average Bonchev–Trinajstić information content (AvgIpc) is 2.93. The molecule has 0 rings (SSSR count). The fourth-order valence-corrected chi connectivity index (χ4v) is 5.51. The summed E-state index contributed by atoms with van der Waals surface area (Å²) in [6.07, 6.45) is 40.1. The van der Waals surface area contributed by atoms with E-state index in [1.807, 2.05) is 0 Å². The summed E-state index contributed by atoms with van der Waals surface area (Å²) in [6.45, 7) is 4.55. The van der Waals surface area contributed by atoms with Crippen LogP contribution in [0, 0.1) is 0 Å². The van der Waals surface area contributed by atoms with Crippen LogP contribution in [0.15, 0.2) is 0 Å². The van der Waals surface area contributed by atoms with E-state index in [2.05, 4.69) is 13.8 Å². The van der Waals surface area contributed by atoms with Crippen molar-refractivity contribution in [3.63, 3.8) is 0 Å². The molecule has 5 heteroatoms. The SMILES string of the molecule is CCCCCCCCCCCCCCCCCC(=O)OC(=O)CCCCCCCCCCCCCCCCC.[Cd].[H-].[H-].[Mg+2]. The van der Waals surface area contributed by atoms with E-state index in [4.69, 9.17) is 4.74 Å². The summed E-state index contributed by atoms with van der Waals surface area (Å²) in [5, 5.41) is 0. The second-order valence-electron chi connectivity index (χ2n) is 12.2. The van der Waals surface area contributed by atoms with Crippen LogP contribution in [0.4, 0.5) is 0 Å². The van der Waals surface area contributed by atoms with Gasteiger partial charge in [-0.3, -0.25) is 9.59 Å². The van der Waals surface area contributed by atoms with Crippen LogP contribution >= 0.6 is 0 Å². The van der Waals surface area contributed by atoms with Crippen molar-refractivity contribution in [2.75, 3.05) is 0 Å². The molecule has 0 saturated carbocycles. The predicted octanol–water partition coefficient (Wildman–Crippen LogP) is 12.4. The third kappa shape index (κ3) is 40.8. The van der Waals surface area contributed by atoms with E-state index in [1.165, 1.54) is 167 Å². The van der Waals surface area contributed by atoms with Crippen LogP contribution in [0.2, 0.25) is 0 Å². The van der Waals surface area contributed by atoms with E-state index in [1.54, 1.807) is 0 Å². The van der Waals surface area contributed by atoms with Crippen LogP contribution in [0.25, 0.3) is 0 Å². The van der Waals surface area contributed by atoms with Crippen LogP contribution in [0.3, 0.4) is 0 Å². The number of hydrogen-bond donors (Lipinski definition) is 0. The van der Waals surface area contributed by atoms with Crippen LogP contribution in [-0.2, 0) is 41.6 Å². The summed E-state index contributed by atoms with van der Waals surface area (Å²) in [5.41, 5.74) is 0. The molecule has 0 aromatic heterocycles. The van der Waals surface area contributed by atoms with Gasteiger partial charge in [-0.2, -0.15) is 0 Å². The molecule has 0 N–H and O–H groups in total. The van der Waals surface area contributed by atoms with Gasteiger partial charge in [0.25, 0.3) is 0 Å². The Kier molecular flexibility index (Phi) is 46.1. The molecule has 0 unspecified atom stereocenters. The van der Waals surface area contributed by atoms with Crippen molar-refractivity contribution >= 4 is 35.0 Å². The monoisotopic (exact) mass is 690 g/mol.